The molecular formula is C11H10N4O3S. The lowest BCUT2D eigenvalue weighted by molar-refractivity contribution is -0.145. The normalized spacial score (nSPS) is 15.9. The summed E-state index contributed by atoms with van der Waals surface area (Å²) in [6.07, 6.45) is 3.73. The number of nitrogens with one attached hydrogen (secondary N) is 1. The van der Waals surface area contributed by atoms with Crippen molar-refractivity contribution in [1.82, 2.24) is 19.6 Å². The average Bonchev–Trinajstić information content (AvgIpc) is 2.88. The minimum Gasteiger partial charge on any atom is -0.324 e. The number of thiazole rings is 1. The molecule has 1 saturated heterocycles. The Morgan fingerprint density at radius 1 is 1.37 bits per heavy atom. The number of hydrogen-bond acceptors (Lipinski definition) is 5. The van der Waals surface area contributed by atoms with Crippen LogP contribution in [0.25, 0.3) is 4.96 Å². The first-order chi connectivity index (χ1) is 9.11. The highest BCUT2D eigenvalue weighted by atomic mass is 32.1. The van der Waals surface area contributed by atoms with Crippen molar-refractivity contribution in [3.8, 4) is 0 Å². The number of carbonyl (C=O) groups is 3. The molecule has 0 aromatic carbocycles. The Labute approximate surface area is 111 Å². The lowest BCUT2D eigenvalue weighted by Crippen LogP contribution is -2.53. The highest BCUT2D eigenvalue weighted by Crippen LogP contribution is 2.12. The minimum absolute atomic E-state index is 0.0766. The van der Waals surface area contributed by atoms with Crippen molar-refractivity contribution in [1.29, 1.82) is 0 Å². The summed E-state index contributed by atoms with van der Waals surface area (Å²) >= 11 is 1.48. The Morgan fingerprint density at radius 3 is 2.79 bits per heavy atom. The largest absolute Gasteiger partial charge is 0.324 e. The highest BCUT2D eigenvalue weighted by Gasteiger charge is 2.26. The van der Waals surface area contributed by atoms with Crippen LogP contribution in [0.5, 0.6) is 0 Å². The molecule has 7 nitrogen and oxygen atoms in total. The molecule has 0 aliphatic carbocycles. The van der Waals surface area contributed by atoms with Crippen LogP contribution >= 0.6 is 11.3 Å². The highest BCUT2D eigenvalue weighted by molar-refractivity contribution is 7.15. The molecule has 1 N–H and O–H groups in total. The van der Waals surface area contributed by atoms with Crippen molar-refractivity contribution >= 4 is 34.0 Å². The van der Waals surface area contributed by atoms with E-state index in [1.807, 2.05) is 16.0 Å². The molecule has 1 fully saturated rings. The summed E-state index contributed by atoms with van der Waals surface area (Å²) in [7, 11) is 0. The Hall–Kier alpha value is -2.22. The maximum Gasteiger partial charge on any atom is 0.246 e. The SMILES string of the molecule is O=C1CN(C(=O)Cc2cn3ccsc3n2)CC(=O)N1. The number of fused-ring (bicyclic) bond motifs is 1. The van der Waals surface area contributed by atoms with Crippen LogP contribution in [0.15, 0.2) is 17.8 Å². The zero-order valence-electron chi connectivity index (χ0n) is 9.83. The van der Waals surface area contributed by atoms with E-state index >= 15 is 0 Å². The molecule has 0 atom stereocenters. The molecular weight excluding hydrogens is 268 g/mol. The molecule has 8 heteroatoms. The lowest BCUT2D eigenvalue weighted by Gasteiger charge is -2.25. The molecule has 2 aromatic rings. The molecule has 0 bridgehead atoms. The van der Waals surface area contributed by atoms with E-state index in [0.717, 1.165) is 4.96 Å². The predicted octanol–water partition coefficient (Wildman–Crippen LogP) is -0.577. The van der Waals surface area contributed by atoms with Crippen LogP contribution in [0.3, 0.4) is 0 Å². The standard InChI is InChI=1S/C11H10N4O3S/c16-8-5-15(6-9(17)13-8)10(18)3-7-4-14-1-2-19-11(14)12-7/h1-2,4H,3,5-6H2,(H,13,16,17). The van der Waals surface area contributed by atoms with Crippen molar-refractivity contribution < 1.29 is 14.4 Å². The van der Waals surface area contributed by atoms with Crippen LogP contribution in [0, 0.1) is 0 Å². The number of aromatic nitrogens is 2. The van der Waals surface area contributed by atoms with E-state index in [4.69, 9.17) is 0 Å². The van der Waals surface area contributed by atoms with Gasteiger partial charge in [-0.3, -0.25) is 24.1 Å². The number of carbonyl (C=O) groups excluding carboxylic acids is 3. The van der Waals surface area contributed by atoms with Gasteiger partial charge in [-0.15, -0.1) is 11.3 Å². The number of amides is 3. The molecule has 0 unspecified atom stereocenters. The van der Waals surface area contributed by atoms with Crippen molar-refractivity contribution in [2.75, 3.05) is 13.1 Å². The number of hydrogen-bond donors (Lipinski definition) is 1. The molecule has 0 spiro atoms. The summed E-state index contributed by atoms with van der Waals surface area (Å²) < 4.78 is 1.83. The predicted molar refractivity (Wildman–Crippen MR) is 66.5 cm³/mol. The molecule has 19 heavy (non-hydrogen) atoms. The molecule has 0 saturated carbocycles. The molecule has 1 aliphatic rings. The van der Waals surface area contributed by atoms with Gasteiger partial charge in [-0.2, -0.15) is 0 Å². The van der Waals surface area contributed by atoms with Gasteiger partial charge in [0.25, 0.3) is 0 Å². The maximum absolute atomic E-state index is 12.0. The minimum atomic E-state index is -0.449. The fourth-order valence-electron chi connectivity index (χ4n) is 1.94. The van der Waals surface area contributed by atoms with Crippen LogP contribution < -0.4 is 5.32 Å². The molecule has 3 amide bonds. The number of imidazole rings is 1. The van der Waals surface area contributed by atoms with E-state index in [1.165, 1.54) is 16.2 Å². The summed E-state index contributed by atoms with van der Waals surface area (Å²) in [6, 6.07) is 0. The van der Waals surface area contributed by atoms with Gasteiger partial charge >= 0.3 is 0 Å². The van der Waals surface area contributed by atoms with Gasteiger partial charge in [-0.05, 0) is 0 Å². The van der Waals surface area contributed by atoms with Gasteiger partial charge in [-0.1, -0.05) is 0 Å². The van der Waals surface area contributed by atoms with E-state index in [-0.39, 0.29) is 25.4 Å². The van der Waals surface area contributed by atoms with Gasteiger partial charge in [0, 0.05) is 17.8 Å². The monoisotopic (exact) mass is 278 g/mol. The Balaban J connectivity index is 1.72. The second kappa shape index (κ2) is 4.47. The van der Waals surface area contributed by atoms with Crippen molar-refractivity contribution in [3.63, 3.8) is 0 Å². The van der Waals surface area contributed by atoms with Crippen LogP contribution in [0.1, 0.15) is 5.69 Å². The number of rotatable bonds is 2. The average molecular weight is 278 g/mol. The Morgan fingerprint density at radius 2 is 2.11 bits per heavy atom. The summed E-state index contributed by atoms with van der Waals surface area (Å²) in [4.78, 5) is 40.8. The molecule has 1 aliphatic heterocycles. The van der Waals surface area contributed by atoms with E-state index in [1.54, 1.807) is 6.20 Å². The summed E-state index contributed by atoms with van der Waals surface area (Å²) in [5.41, 5.74) is 0.635. The van der Waals surface area contributed by atoms with E-state index in [2.05, 4.69) is 10.3 Å². The Bertz CT molecular complexity index is 630. The van der Waals surface area contributed by atoms with Crippen LogP contribution in [-0.4, -0.2) is 45.1 Å². The fraction of sp³-hybridized carbons (Fsp3) is 0.273. The van der Waals surface area contributed by atoms with Crippen LogP contribution in [-0.2, 0) is 20.8 Å². The van der Waals surface area contributed by atoms with Gasteiger partial charge in [-0.25, -0.2) is 4.98 Å². The summed E-state index contributed by atoms with van der Waals surface area (Å²) in [6.45, 7) is -0.153. The molecule has 2 aromatic heterocycles. The lowest BCUT2D eigenvalue weighted by atomic mass is 10.2. The topological polar surface area (TPSA) is 83.8 Å². The van der Waals surface area contributed by atoms with E-state index in [9.17, 15) is 14.4 Å². The van der Waals surface area contributed by atoms with Gasteiger partial charge in [0.05, 0.1) is 12.1 Å². The summed E-state index contributed by atoms with van der Waals surface area (Å²) in [5, 5.41) is 4.06. The van der Waals surface area contributed by atoms with Gasteiger partial charge < -0.3 is 4.90 Å². The van der Waals surface area contributed by atoms with Crippen molar-refractivity contribution in [2.24, 2.45) is 0 Å². The van der Waals surface area contributed by atoms with Crippen molar-refractivity contribution in [3.05, 3.63) is 23.5 Å². The van der Waals surface area contributed by atoms with Crippen LogP contribution in [0.2, 0.25) is 0 Å². The zero-order valence-corrected chi connectivity index (χ0v) is 10.6. The van der Waals surface area contributed by atoms with E-state index < -0.39 is 11.8 Å². The quantitative estimate of drug-likeness (QED) is 0.745. The molecule has 3 heterocycles. The zero-order chi connectivity index (χ0) is 13.4. The number of piperazine rings is 1. The maximum atomic E-state index is 12.0. The molecule has 0 radical (unpaired) electrons. The fourth-order valence-corrected chi connectivity index (χ4v) is 2.66. The Kier molecular flexibility index (Phi) is 2.79. The third-order valence-corrected chi connectivity index (χ3v) is 3.55. The van der Waals surface area contributed by atoms with Crippen LogP contribution in [0.4, 0.5) is 0 Å². The van der Waals surface area contributed by atoms with Gasteiger partial charge in [0.2, 0.25) is 17.7 Å². The third-order valence-electron chi connectivity index (χ3n) is 2.78. The third kappa shape index (κ3) is 2.34. The second-order valence-electron chi connectivity index (χ2n) is 4.22. The molecule has 3 rings (SSSR count). The van der Waals surface area contributed by atoms with Crippen molar-refractivity contribution in [2.45, 2.75) is 6.42 Å². The van der Waals surface area contributed by atoms with Gasteiger partial charge in [0.15, 0.2) is 4.96 Å². The number of nitrogens with zero attached hydrogens (tertiary/aromatic N) is 3. The van der Waals surface area contributed by atoms with Gasteiger partial charge in [0.1, 0.15) is 13.1 Å². The smallest absolute Gasteiger partial charge is 0.246 e. The second-order valence-corrected chi connectivity index (χ2v) is 5.10. The first-order valence-corrected chi connectivity index (χ1v) is 6.51. The molecule has 98 valence electrons. The first-order valence-electron chi connectivity index (χ1n) is 5.63. The number of imide groups is 1. The summed E-state index contributed by atoms with van der Waals surface area (Å²) in [5.74, 6) is -1.17. The first kappa shape index (κ1) is 11.8. The van der Waals surface area contributed by atoms with E-state index in [0.29, 0.717) is 5.69 Å².